The summed E-state index contributed by atoms with van der Waals surface area (Å²) in [7, 11) is 1.92. The molecule has 0 aliphatic heterocycles. The minimum absolute atomic E-state index is 1.13. The maximum Gasteiger partial charge on any atom is 0.0337 e. The first-order valence-electron chi connectivity index (χ1n) is 4.84. The summed E-state index contributed by atoms with van der Waals surface area (Å²) < 4.78 is 1.13. The Morgan fingerprint density at radius 2 is 1.60 bits per heavy atom. The molecular formula is C13H12BrN. The smallest absolute Gasteiger partial charge is 0.0337 e. The van der Waals surface area contributed by atoms with Crippen LogP contribution in [0.1, 0.15) is 0 Å². The molecule has 2 heteroatoms. The maximum atomic E-state index is 3.55. The maximum absolute atomic E-state index is 3.55. The van der Waals surface area contributed by atoms with E-state index in [2.05, 4.69) is 57.6 Å². The zero-order valence-corrected chi connectivity index (χ0v) is 10.1. The Hall–Kier alpha value is -1.28. The molecule has 0 spiro atoms. The molecule has 0 radical (unpaired) electrons. The second-order valence-corrected chi connectivity index (χ2v) is 4.16. The van der Waals surface area contributed by atoms with Crippen molar-refractivity contribution in [1.29, 1.82) is 0 Å². The molecule has 15 heavy (non-hydrogen) atoms. The van der Waals surface area contributed by atoms with Crippen LogP contribution in [-0.2, 0) is 0 Å². The first-order chi connectivity index (χ1) is 7.31. The third-order valence-electron chi connectivity index (χ3n) is 2.36. The molecule has 0 saturated heterocycles. The van der Waals surface area contributed by atoms with E-state index in [-0.39, 0.29) is 0 Å². The summed E-state index contributed by atoms with van der Waals surface area (Å²) in [5, 5.41) is 3.11. The van der Waals surface area contributed by atoms with Crippen molar-refractivity contribution in [2.24, 2.45) is 0 Å². The molecule has 76 valence electrons. The van der Waals surface area contributed by atoms with Gasteiger partial charge in [0.15, 0.2) is 0 Å². The number of benzene rings is 2. The molecule has 2 aromatic carbocycles. The van der Waals surface area contributed by atoms with Crippen LogP contribution in [-0.4, -0.2) is 7.05 Å². The van der Waals surface area contributed by atoms with Gasteiger partial charge in [0.1, 0.15) is 0 Å². The fraction of sp³-hybridized carbons (Fsp3) is 0.0769. The highest BCUT2D eigenvalue weighted by atomic mass is 79.9. The molecule has 0 atom stereocenters. The van der Waals surface area contributed by atoms with Crippen LogP contribution in [0.3, 0.4) is 0 Å². The van der Waals surface area contributed by atoms with Crippen molar-refractivity contribution in [3.8, 4) is 11.1 Å². The molecule has 0 aliphatic carbocycles. The summed E-state index contributed by atoms with van der Waals surface area (Å²) in [5.74, 6) is 0. The average molecular weight is 262 g/mol. The van der Waals surface area contributed by atoms with Crippen molar-refractivity contribution in [3.05, 3.63) is 53.0 Å². The Morgan fingerprint density at radius 1 is 0.933 bits per heavy atom. The van der Waals surface area contributed by atoms with Crippen LogP contribution in [0.4, 0.5) is 5.69 Å². The highest BCUT2D eigenvalue weighted by Gasteiger charge is 2.00. The Bertz CT molecular complexity index is 448. The van der Waals surface area contributed by atoms with Gasteiger partial charge in [0.2, 0.25) is 0 Å². The predicted molar refractivity (Wildman–Crippen MR) is 69.1 cm³/mol. The fourth-order valence-electron chi connectivity index (χ4n) is 1.51. The average Bonchev–Trinajstić information content (AvgIpc) is 2.30. The zero-order valence-electron chi connectivity index (χ0n) is 8.50. The molecule has 0 heterocycles. The highest BCUT2D eigenvalue weighted by Crippen LogP contribution is 2.28. The van der Waals surface area contributed by atoms with E-state index in [9.17, 15) is 0 Å². The van der Waals surface area contributed by atoms with Gasteiger partial charge in [-0.2, -0.15) is 0 Å². The SMILES string of the molecule is CNc1ccc(-c2ccccc2Br)cc1. The topological polar surface area (TPSA) is 12.0 Å². The number of halogens is 1. The van der Waals surface area contributed by atoms with Gasteiger partial charge in [-0.3, -0.25) is 0 Å². The van der Waals surface area contributed by atoms with Crippen LogP contribution in [0.2, 0.25) is 0 Å². The summed E-state index contributed by atoms with van der Waals surface area (Å²) in [4.78, 5) is 0. The van der Waals surface area contributed by atoms with E-state index in [0.717, 1.165) is 10.2 Å². The molecule has 0 aromatic heterocycles. The highest BCUT2D eigenvalue weighted by molar-refractivity contribution is 9.10. The van der Waals surface area contributed by atoms with Crippen LogP contribution in [0.5, 0.6) is 0 Å². The Kier molecular flexibility index (Phi) is 3.07. The minimum Gasteiger partial charge on any atom is -0.388 e. The van der Waals surface area contributed by atoms with E-state index < -0.39 is 0 Å². The molecule has 0 saturated carbocycles. The summed E-state index contributed by atoms with van der Waals surface area (Å²) in [6.45, 7) is 0. The molecule has 0 bridgehead atoms. The van der Waals surface area contributed by atoms with E-state index >= 15 is 0 Å². The largest absolute Gasteiger partial charge is 0.388 e. The molecule has 1 N–H and O–H groups in total. The summed E-state index contributed by atoms with van der Waals surface area (Å²) in [5.41, 5.74) is 3.58. The molecule has 1 nitrogen and oxygen atoms in total. The first kappa shape index (κ1) is 10.2. The molecule has 0 aliphatic rings. The molecule has 0 amide bonds. The van der Waals surface area contributed by atoms with Crippen molar-refractivity contribution in [3.63, 3.8) is 0 Å². The van der Waals surface area contributed by atoms with Gasteiger partial charge >= 0.3 is 0 Å². The summed E-state index contributed by atoms with van der Waals surface area (Å²) in [6, 6.07) is 16.6. The van der Waals surface area contributed by atoms with Gasteiger partial charge in [-0.15, -0.1) is 0 Å². The lowest BCUT2D eigenvalue weighted by Crippen LogP contribution is -1.87. The van der Waals surface area contributed by atoms with Gasteiger partial charge < -0.3 is 5.32 Å². The van der Waals surface area contributed by atoms with Crippen LogP contribution in [0.15, 0.2) is 53.0 Å². The van der Waals surface area contributed by atoms with Crippen LogP contribution >= 0.6 is 15.9 Å². The summed E-state index contributed by atoms with van der Waals surface area (Å²) >= 11 is 3.55. The molecule has 2 rings (SSSR count). The van der Waals surface area contributed by atoms with E-state index in [1.807, 2.05) is 19.2 Å². The van der Waals surface area contributed by atoms with Crippen molar-refractivity contribution < 1.29 is 0 Å². The van der Waals surface area contributed by atoms with E-state index in [1.165, 1.54) is 11.1 Å². The quantitative estimate of drug-likeness (QED) is 0.856. The third kappa shape index (κ3) is 2.21. The molecule has 2 aromatic rings. The standard InChI is InChI=1S/C13H12BrN/c1-15-11-8-6-10(7-9-11)12-4-2-3-5-13(12)14/h2-9,15H,1H3. The zero-order chi connectivity index (χ0) is 10.7. The van der Waals surface area contributed by atoms with Crippen LogP contribution < -0.4 is 5.32 Å². The molecule has 0 fully saturated rings. The third-order valence-corrected chi connectivity index (χ3v) is 3.05. The number of nitrogens with one attached hydrogen (secondary N) is 1. The van der Waals surface area contributed by atoms with Gasteiger partial charge in [-0.05, 0) is 29.3 Å². The lowest BCUT2D eigenvalue weighted by Gasteiger charge is -2.05. The van der Waals surface area contributed by atoms with Gasteiger partial charge in [-0.25, -0.2) is 0 Å². The number of anilines is 1. The second-order valence-electron chi connectivity index (χ2n) is 3.31. The molecule has 0 unspecified atom stereocenters. The van der Waals surface area contributed by atoms with Gasteiger partial charge in [-0.1, -0.05) is 46.3 Å². The Balaban J connectivity index is 2.42. The molecular weight excluding hydrogens is 250 g/mol. The fourth-order valence-corrected chi connectivity index (χ4v) is 2.03. The second kappa shape index (κ2) is 4.49. The van der Waals surface area contributed by atoms with E-state index in [1.54, 1.807) is 0 Å². The van der Waals surface area contributed by atoms with Crippen LogP contribution in [0.25, 0.3) is 11.1 Å². The Morgan fingerprint density at radius 3 is 2.20 bits per heavy atom. The number of hydrogen-bond donors (Lipinski definition) is 1. The number of hydrogen-bond acceptors (Lipinski definition) is 1. The van der Waals surface area contributed by atoms with Crippen LogP contribution in [0, 0.1) is 0 Å². The van der Waals surface area contributed by atoms with Gasteiger partial charge in [0, 0.05) is 17.2 Å². The van der Waals surface area contributed by atoms with Crippen molar-refractivity contribution in [2.45, 2.75) is 0 Å². The van der Waals surface area contributed by atoms with Gasteiger partial charge in [0.25, 0.3) is 0 Å². The van der Waals surface area contributed by atoms with Crippen molar-refractivity contribution >= 4 is 21.6 Å². The number of rotatable bonds is 2. The van der Waals surface area contributed by atoms with Crippen molar-refractivity contribution in [1.82, 2.24) is 0 Å². The predicted octanol–water partition coefficient (Wildman–Crippen LogP) is 4.16. The lowest BCUT2D eigenvalue weighted by atomic mass is 10.1. The van der Waals surface area contributed by atoms with E-state index in [0.29, 0.717) is 0 Å². The van der Waals surface area contributed by atoms with Crippen molar-refractivity contribution in [2.75, 3.05) is 12.4 Å². The van der Waals surface area contributed by atoms with Gasteiger partial charge in [0.05, 0.1) is 0 Å². The Labute approximate surface area is 98.3 Å². The minimum atomic E-state index is 1.13. The summed E-state index contributed by atoms with van der Waals surface area (Å²) in [6.07, 6.45) is 0. The first-order valence-corrected chi connectivity index (χ1v) is 5.63. The lowest BCUT2D eigenvalue weighted by molar-refractivity contribution is 1.50. The monoisotopic (exact) mass is 261 g/mol. The van der Waals surface area contributed by atoms with E-state index in [4.69, 9.17) is 0 Å². The normalized spacial score (nSPS) is 10.0.